The fourth-order valence-electron chi connectivity index (χ4n) is 5.59. The van der Waals surface area contributed by atoms with Gasteiger partial charge in [-0.25, -0.2) is 0 Å². The van der Waals surface area contributed by atoms with Crippen molar-refractivity contribution in [3.05, 3.63) is 17.0 Å². The highest BCUT2D eigenvalue weighted by Crippen LogP contribution is 2.41. The van der Waals surface area contributed by atoms with E-state index in [0.717, 1.165) is 43.7 Å². The third kappa shape index (κ3) is 3.56. The van der Waals surface area contributed by atoms with Gasteiger partial charge in [-0.15, -0.1) is 0 Å². The number of rotatable bonds is 5. The minimum Gasteiger partial charge on any atom is -0.361 e. The summed E-state index contributed by atoms with van der Waals surface area (Å²) >= 11 is 0. The van der Waals surface area contributed by atoms with Crippen molar-refractivity contribution in [1.82, 2.24) is 20.3 Å². The zero-order valence-corrected chi connectivity index (χ0v) is 17.2. The Kier molecular flexibility index (Phi) is 5.45. The lowest BCUT2D eigenvalue weighted by Crippen LogP contribution is -2.67. The van der Waals surface area contributed by atoms with Gasteiger partial charge in [0.15, 0.2) is 0 Å². The smallest absolute Gasteiger partial charge is 0.224 e. The zero-order chi connectivity index (χ0) is 19.8. The number of aromatic nitrogens is 1. The van der Waals surface area contributed by atoms with Crippen molar-refractivity contribution in [2.45, 2.75) is 65.0 Å². The summed E-state index contributed by atoms with van der Waals surface area (Å²) in [5.74, 6) is 1.97. The highest BCUT2D eigenvalue weighted by atomic mass is 16.5. The Labute approximate surface area is 166 Å². The molecule has 7 nitrogen and oxygen atoms in total. The Morgan fingerprint density at radius 1 is 1.29 bits per heavy atom. The molecular formula is C21H32N4O3. The molecule has 0 unspecified atom stereocenters. The Balaban J connectivity index is 1.46. The van der Waals surface area contributed by atoms with Gasteiger partial charge in [0.25, 0.3) is 0 Å². The van der Waals surface area contributed by atoms with Crippen LogP contribution in [0.2, 0.25) is 0 Å². The topological polar surface area (TPSA) is 78.7 Å². The summed E-state index contributed by atoms with van der Waals surface area (Å²) < 4.78 is 5.16. The van der Waals surface area contributed by atoms with E-state index in [2.05, 4.69) is 27.2 Å². The molecule has 2 bridgehead atoms. The van der Waals surface area contributed by atoms with Gasteiger partial charge in [0.1, 0.15) is 5.76 Å². The summed E-state index contributed by atoms with van der Waals surface area (Å²) in [6.07, 6.45) is 4.20. The number of aryl methyl sites for hydroxylation is 2. The van der Waals surface area contributed by atoms with Gasteiger partial charge in [-0.2, -0.15) is 0 Å². The van der Waals surface area contributed by atoms with E-state index >= 15 is 0 Å². The lowest BCUT2D eigenvalue weighted by atomic mass is 9.72. The van der Waals surface area contributed by atoms with E-state index in [1.54, 1.807) is 0 Å². The molecule has 3 aliphatic heterocycles. The normalized spacial score (nSPS) is 30.2. The molecule has 1 N–H and O–H groups in total. The van der Waals surface area contributed by atoms with Crippen molar-refractivity contribution in [1.29, 1.82) is 0 Å². The number of nitrogens with zero attached hydrogens (tertiary/aromatic N) is 3. The third-order valence-electron chi connectivity index (χ3n) is 7.05. The molecule has 2 amide bonds. The van der Waals surface area contributed by atoms with E-state index in [0.29, 0.717) is 36.6 Å². The predicted molar refractivity (Wildman–Crippen MR) is 105 cm³/mol. The fraction of sp³-hybridized carbons (Fsp3) is 0.762. The molecule has 3 saturated heterocycles. The van der Waals surface area contributed by atoms with Crippen LogP contribution >= 0.6 is 0 Å². The molecule has 1 aromatic heterocycles. The Morgan fingerprint density at radius 2 is 2.07 bits per heavy atom. The molecule has 7 heteroatoms. The maximum Gasteiger partial charge on any atom is 0.224 e. The number of likely N-dealkylation sites (tertiary alicyclic amines) is 1. The minimum absolute atomic E-state index is 0.0271. The second kappa shape index (κ2) is 7.85. The first kappa shape index (κ1) is 19.4. The molecule has 0 radical (unpaired) electrons. The van der Waals surface area contributed by atoms with Crippen molar-refractivity contribution in [3.8, 4) is 0 Å². The maximum absolute atomic E-state index is 12.8. The largest absolute Gasteiger partial charge is 0.361 e. The molecular weight excluding hydrogens is 356 g/mol. The van der Waals surface area contributed by atoms with Gasteiger partial charge in [0.05, 0.1) is 18.2 Å². The van der Waals surface area contributed by atoms with Gasteiger partial charge in [0.2, 0.25) is 11.8 Å². The van der Waals surface area contributed by atoms with Crippen LogP contribution in [0.5, 0.6) is 0 Å². The van der Waals surface area contributed by atoms with Gasteiger partial charge in [0, 0.05) is 37.7 Å². The molecule has 0 saturated carbocycles. The van der Waals surface area contributed by atoms with Crippen LogP contribution in [0.1, 0.15) is 49.6 Å². The van der Waals surface area contributed by atoms with E-state index in [4.69, 9.17) is 4.52 Å². The van der Waals surface area contributed by atoms with Crippen LogP contribution in [0.4, 0.5) is 0 Å². The number of nitrogens with one attached hydrogen (secondary N) is 1. The Hall–Kier alpha value is -1.89. The summed E-state index contributed by atoms with van der Waals surface area (Å²) in [5.41, 5.74) is 1.63. The number of carbonyl (C=O) groups excluding carboxylic acids is 2. The standard InChI is InChI=1S/C21H32N4O3/c1-4-24-11-15-8-16(12-24)19(25-18(15)6-5-7-21(25)27)10-22-20(26)9-17-13(2)23-28-14(17)3/h15-16,18-19H,4-12H2,1-3H3,(H,22,26)/t15-,16+,18+,19+/m1/s1. The molecule has 0 aromatic carbocycles. The number of piperidine rings is 3. The van der Waals surface area contributed by atoms with E-state index in [1.165, 1.54) is 6.42 Å². The van der Waals surface area contributed by atoms with E-state index in [1.807, 2.05) is 13.8 Å². The van der Waals surface area contributed by atoms with Crippen molar-refractivity contribution in [2.75, 3.05) is 26.2 Å². The monoisotopic (exact) mass is 388 g/mol. The van der Waals surface area contributed by atoms with Crippen molar-refractivity contribution >= 4 is 11.8 Å². The number of hydrogen-bond donors (Lipinski definition) is 1. The van der Waals surface area contributed by atoms with Crippen molar-refractivity contribution in [2.24, 2.45) is 11.8 Å². The van der Waals surface area contributed by atoms with Crippen LogP contribution in [-0.4, -0.2) is 65.0 Å². The van der Waals surface area contributed by atoms with E-state index in [9.17, 15) is 9.59 Å². The molecule has 28 heavy (non-hydrogen) atoms. The molecule has 1 aromatic rings. The molecule has 3 fully saturated rings. The molecule has 4 heterocycles. The lowest BCUT2D eigenvalue weighted by Gasteiger charge is -2.56. The second-order valence-corrected chi connectivity index (χ2v) is 8.72. The number of fused-ring (bicyclic) bond motifs is 4. The minimum atomic E-state index is -0.0271. The third-order valence-corrected chi connectivity index (χ3v) is 7.05. The molecule has 4 atom stereocenters. The first-order valence-corrected chi connectivity index (χ1v) is 10.7. The van der Waals surface area contributed by atoms with Crippen LogP contribution in [0.25, 0.3) is 0 Å². The summed E-state index contributed by atoms with van der Waals surface area (Å²) in [5, 5.41) is 7.04. The van der Waals surface area contributed by atoms with Gasteiger partial charge >= 0.3 is 0 Å². The van der Waals surface area contributed by atoms with Crippen LogP contribution in [0.15, 0.2) is 4.52 Å². The molecule has 0 aliphatic carbocycles. The van der Waals surface area contributed by atoms with E-state index < -0.39 is 0 Å². The maximum atomic E-state index is 12.8. The first-order chi connectivity index (χ1) is 13.5. The summed E-state index contributed by atoms with van der Waals surface area (Å²) in [6.45, 7) is 9.63. The van der Waals surface area contributed by atoms with Crippen LogP contribution < -0.4 is 5.32 Å². The molecule has 154 valence electrons. The summed E-state index contributed by atoms with van der Waals surface area (Å²) in [6, 6.07) is 0.452. The van der Waals surface area contributed by atoms with E-state index in [-0.39, 0.29) is 24.3 Å². The van der Waals surface area contributed by atoms with Crippen LogP contribution in [0.3, 0.4) is 0 Å². The number of amides is 2. The van der Waals surface area contributed by atoms with Gasteiger partial charge < -0.3 is 19.6 Å². The van der Waals surface area contributed by atoms with Gasteiger partial charge in [-0.3, -0.25) is 9.59 Å². The Morgan fingerprint density at radius 3 is 2.79 bits per heavy atom. The van der Waals surface area contributed by atoms with Crippen molar-refractivity contribution < 1.29 is 14.1 Å². The molecule has 0 spiro atoms. The summed E-state index contributed by atoms with van der Waals surface area (Å²) in [4.78, 5) is 30.1. The lowest BCUT2D eigenvalue weighted by molar-refractivity contribution is -0.152. The van der Waals surface area contributed by atoms with Crippen molar-refractivity contribution in [3.63, 3.8) is 0 Å². The number of hydrogen-bond acceptors (Lipinski definition) is 5. The predicted octanol–water partition coefficient (Wildman–Crippen LogP) is 1.67. The SMILES string of the molecule is CCN1C[C@H]2C[C@@H](C1)[C@H](CNC(=O)Cc1c(C)noc1C)N1C(=O)CCC[C@@H]21. The second-order valence-electron chi connectivity index (χ2n) is 8.72. The van der Waals surface area contributed by atoms with Crippen LogP contribution in [-0.2, 0) is 16.0 Å². The van der Waals surface area contributed by atoms with Gasteiger partial charge in [-0.1, -0.05) is 12.1 Å². The molecule has 3 aliphatic rings. The highest BCUT2D eigenvalue weighted by Gasteiger charge is 2.49. The first-order valence-electron chi connectivity index (χ1n) is 10.7. The Bertz CT molecular complexity index is 727. The molecule has 4 rings (SSSR count). The highest BCUT2D eigenvalue weighted by molar-refractivity contribution is 5.80. The average molecular weight is 389 g/mol. The van der Waals surface area contributed by atoms with Crippen LogP contribution in [0, 0.1) is 25.7 Å². The van der Waals surface area contributed by atoms with Gasteiger partial charge in [-0.05, 0) is 51.5 Å². The quantitative estimate of drug-likeness (QED) is 0.830. The number of carbonyl (C=O) groups is 2. The fourth-order valence-corrected chi connectivity index (χ4v) is 5.59. The zero-order valence-electron chi connectivity index (χ0n) is 17.2. The average Bonchev–Trinajstić information content (AvgIpc) is 3.00. The summed E-state index contributed by atoms with van der Waals surface area (Å²) in [7, 11) is 0.